The molecule has 0 unspecified atom stereocenters. The summed E-state index contributed by atoms with van der Waals surface area (Å²) in [6, 6.07) is 13.8. The summed E-state index contributed by atoms with van der Waals surface area (Å²) >= 11 is 0. The molecular weight excluding hydrogens is 369 g/mol. The maximum absolute atomic E-state index is 12.8. The number of hydrogen-bond acceptors (Lipinski definition) is 4. The highest BCUT2D eigenvalue weighted by atomic mass is 19.4. The van der Waals surface area contributed by atoms with E-state index in [1.54, 1.807) is 0 Å². The zero-order valence-electron chi connectivity index (χ0n) is 14.9. The van der Waals surface area contributed by atoms with E-state index in [0.717, 1.165) is 23.3 Å². The molecule has 1 heterocycles. The minimum Gasteiger partial charge on any atom is -0.347 e. The first kappa shape index (κ1) is 19.3. The molecule has 0 aliphatic carbocycles. The van der Waals surface area contributed by atoms with Gasteiger partial charge in [0, 0.05) is 18.3 Å². The fourth-order valence-corrected chi connectivity index (χ4v) is 2.45. The largest absolute Gasteiger partial charge is 0.416 e. The SMILES string of the molecule is Cc1ccc(CNC(=O)c2cc(Nc3cccc(C(F)(F)F)c3)ncn2)cc1. The van der Waals surface area contributed by atoms with Crippen LogP contribution in [-0.4, -0.2) is 15.9 Å². The Morgan fingerprint density at radius 1 is 1.04 bits per heavy atom. The van der Waals surface area contributed by atoms with Gasteiger partial charge in [-0.05, 0) is 30.7 Å². The smallest absolute Gasteiger partial charge is 0.347 e. The van der Waals surface area contributed by atoms with Crippen molar-refractivity contribution in [3.63, 3.8) is 0 Å². The molecule has 0 bridgehead atoms. The molecule has 0 spiro atoms. The van der Waals surface area contributed by atoms with Gasteiger partial charge in [-0.1, -0.05) is 35.9 Å². The van der Waals surface area contributed by atoms with E-state index in [1.165, 1.54) is 24.5 Å². The van der Waals surface area contributed by atoms with E-state index in [4.69, 9.17) is 0 Å². The second-order valence-electron chi connectivity index (χ2n) is 6.16. The van der Waals surface area contributed by atoms with Crippen LogP contribution in [-0.2, 0) is 12.7 Å². The Hall–Kier alpha value is -3.42. The molecule has 2 N–H and O–H groups in total. The molecular formula is C20H17F3N4O. The molecule has 28 heavy (non-hydrogen) atoms. The van der Waals surface area contributed by atoms with Crippen LogP contribution in [0.5, 0.6) is 0 Å². The van der Waals surface area contributed by atoms with Gasteiger partial charge in [0.1, 0.15) is 17.8 Å². The van der Waals surface area contributed by atoms with Crippen LogP contribution in [0.25, 0.3) is 0 Å². The molecule has 3 rings (SSSR count). The standard InChI is InChI=1S/C20H17F3N4O/c1-13-5-7-14(8-6-13)11-24-19(28)17-10-18(26-12-25-17)27-16-4-2-3-15(9-16)20(21,22)23/h2-10,12H,11H2,1H3,(H,24,28)(H,25,26,27). The predicted molar refractivity (Wildman–Crippen MR) is 99.1 cm³/mol. The summed E-state index contributed by atoms with van der Waals surface area (Å²) < 4.78 is 38.5. The number of anilines is 2. The van der Waals surface area contributed by atoms with Gasteiger partial charge in [0.15, 0.2) is 0 Å². The van der Waals surface area contributed by atoms with Crippen molar-refractivity contribution in [3.8, 4) is 0 Å². The maximum Gasteiger partial charge on any atom is 0.416 e. The molecule has 1 aromatic heterocycles. The highest BCUT2D eigenvalue weighted by molar-refractivity contribution is 5.92. The quantitative estimate of drug-likeness (QED) is 0.679. The van der Waals surface area contributed by atoms with Crippen LogP contribution in [0.3, 0.4) is 0 Å². The Bertz CT molecular complexity index is 972. The van der Waals surface area contributed by atoms with Crippen LogP contribution in [0.1, 0.15) is 27.2 Å². The number of amides is 1. The van der Waals surface area contributed by atoms with Gasteiger partial charge in [0.25, 0.3) is 5.91 Å². The first-order valence-corrected chi connectivity index (χ1v) is 8.41. The lowest BCUT2D eigenvalue weighted by atomic mass is 10.1. The van der Waals surface area contributed by atoms with Crippen LogP contribution >= 0.6 is 0 Å². The molecule has 0 aliphatic heterocycles. The van der Waals surface area contributed by atoms with Gasteiger partial charge in [-0.2, -0.15) is 13.2 Å². The van der Waals surface area contributed by atoms with Gasteiger partial charge in [-0.15, -0.1) is 0 Å². The molecule has 5 nitrogen and oxygen atoms in total. The summed E-state index contributed by atoms with van der Waals surface area (Å²) in [4.78, 5) is 20.2. The second kappa shape index (κ2) is 8.08. The zero-order valence-corrected chi connectivity index (χ0v) is 14.9. The topological polar surface area (TPSA) is 66.9 Å². The Morgan fingerprint density at radius 3 is 2.50 bits per heavy atom. The van der Waals surface area contributed by atoms with Crippen molar-refractivity contribution in [2.45, 2.75) is 19.6 Å². The number of halogens is 3. The molecule has 0 saturated carbocycles. The molecule has 2 aromatic carbocycles. The van der Waals surface area contributed by atoms with Crippen LogP contribution in [0, 0.1) is 6.92 Å². The van der Waals surface area contributed by atoms with Crippen molar-refractivity contribution >= 4 is 17.4 Å². The lowest BCUT2D eigenvalue weighted by Crippen LogP contribution is -2.24. The normalized spacial score (nSPS) is 11.1. The number of carbonyl (C=O) groups is 1. The number of hydrogen-bond donors (Lipinski definition) is 2. The van der Waals surface area contributed by atoms with Crippen molar-refractivity contribution < 1.29 is 18.0 Å². The number of nitrogens with one attached hydrogen (secondary N) is 2. The third-order valence-corrected chi connectivity index (χ3v) is 3.94. The number of carbonyl (C=O) groups excluding carboxylic acids is 1. The van der Waals surface area contributed by atoms with Crippen molar-refractivity contribution in [1.29, 1.82) is 0 Å². The highest BCUT2D eigenvalue weighted by Gasteiger charge is 2.30. The number of benzene rings is 2. The molecule has 8 heteroatoms. The first-order chi connectivity index (χ1) is 13.3. The Balaban J connectivity index is 1.68. The molecule has 0 radical (unpaired) electrons. The van der Waals surface area contributed by atoms with Gasteiger partial charge in [0.2, 0.25) is 0 Å². The Morgan fingerprint density at radius 2 is 1.79 bits per heavy atom. The van der Waals surface area contributed by atoms with Gasteiger partial charge in [-0.3, -0.25) is 4.79 Å². The summed E-state index contributed by atoms with van der Waals surface area (Å²) in [5.74, 6) is -0.190. The Kier molecular flexibility index (Phi) is 5.58. The third kappa shape index (κ3) is 5.06. The van der Waals surface area contributed by atoms with E-state index in [1.807, 2.05) is 31.2 Å². The number of alkyl halides is 3. The second-order valence-corrected chi connectivity index (χ2v) is 6.16. The molecule has 1 amide bonds. The van der Waals surface area contributed by atoms with Gasteiger partial charge in [-0.25, -0.2) is 9.97 Å². The van der Waals surface area contributed by atoms with E-state index >= 15 is 0 Å². The number of aryl methyl sites for hydroxylation is 1. The molecule has 3 aromatic rings. The summed E-state index contributed by atoms with van der Waals surface area (Å²) in [5, 5.41) is 5.51. The fourth-order valence-electron chi connectivity index (χ4n) is 2.45. The lowest BCUT2D eigenvalue weighted by molar-refractivity contribution is -0.137. The average molecular weight is 386 g/mol. The molecule has 0 fully saturated rings. The molecule has 0 atom stereocenters. The third-order valence-electron chi connectivity index (χ3n) is 3.94. The van der Waals surface area contributed by atoms with E-state index < -0.39 is 17.6 Å². The summed E-state index contributed by atoms with van der Waals surface area (Å²) in [6.45, 7) is 2.31. The molecule has 0 aliphatic rings. The minimum atomic E-state index is -4.44. The van der Waals surface area contributed by atoms with Crippen LogP contribution in [0.15, 0.2) is 60.9 Å². The van der Waals surface area contributed by atoms with Crippen molar-refractivity contribution in [2.75, 3.05) is 5.32 Å². The molecule has 144 valence electrons. The number of aromatic nitrogens is 2. The van der Waals surface area contributed by atoms with Crippen LogP contribution < -0.4 is 10.6 Å². The maximum atomic E-state index is 12.8. The monoisotopic (exact) mass is 386 g/mol. The van der Waals surface area contributed by atoms with Gasteiger partial charge in [0.05, 0.1) is 5.56 Å². The summed E-state index contributed by atoms with van der Waals surface area (Å²) in [6.07, 6.45) is -3.26. The van der Waals surface area contributed by atoms with E-state index in [2.05, 4.69) is 20.6 Å². The first-order valence-electron chi connectivity index (χ1n) is 8.41. The van der Waals surface area contributed by atoms with E-state index in [0.29, 0.717) is 6.54 Å². The van der Waals surface area contributed by atoms with Crippen LogP contribution in [0.2, 0.25) is 0 Å². The van der Waals surface area contributed by atoms with Crippen molar-refractivity contribution in [3.05, 3.63) is 83.3 Å². The highest BCUT2D eigenvalue weighted by Crippen LogP contribution is 2.31. The number of rotatable bonds is 5. The average Bonchev–Trinajstić information content (AvgIpc) is 2.67. The summed E-state index contributed by atoms with van der Waals surface area (Å²) in [5.41, 5.74) is 1.60. The van der Waals surface area contributed by atoms with E-state index in [9.17, 15) is 18.0 Å². The van der Waals surface area contributed by atoms with Crippen molar-refractivity contribution in [1.82, 2.24) is 15.3 Å². The van der Waals surface area contributed by atoms with Crippen molar-refractivity contribution in [2.24, 2.45) is 0 Å². The Labute approximate surface area is 159 Å². The van der Waals surface area contributed by atoms with Gasteiger partial charge >= 0.3 is 6.18 Å². The predicted octanol–water partition coefficient (Wildman–Crippen LogP) is 4.48. The molecule has 0 saturated heterocycles. The fraction of sp³-hybridized carbons (Fsp3) is 0.150. The van der Waals surface area contributed by atoms with E-state index in [-0.39, 0.29) is 17.2 Å². The van der Waals surface area contributed by atoms with Crippen LogP contribution in [0.4, 0.5) is 24.7 Å². The minimum absolute atomic E-state index is 0.108. The lowest BCUT2D eigenvalue weighted by Gasteiger charge is -2.11. The van der Waals surface area contributed by atoms with Gasteiger partial charge < -0.3 is 10.6 Å². The summed E-state index contributed by atoms with van der Waals surface area (Å²) in [7, 11) is 0. The zero-order chi connectivity index (χ0) is 20.1. The number of nitrogens with zero attached hydrogens (tertiary/aromatic N) is 2.